The molecule has 0 fully saturated rings. The zero-order valence-corrected chi connectivity index (χ0v) is 7.86. The molecule has 0 bridgehead atoms. The predicted octanol–water partition coefficient (Wildman–Crippen LogP) is 1.70. The molecule has 0 saturated carbocycles. The van der Waals surface area contributed by atoms with Crippen molar-refractivity contribution in [1.82, 2.24) is 10.4 Å². The third-order valence-corrected chi connectivity index (χ3v) is 2.08. The molecule has 3 heteroatoms. The summed E-state index contributed by atoms with van der Waals surface area (Å²) in [5.41, 5.74) is 5.63. The molecular weight excluding hydrogens is 162 g/mol. The van der Waals surface area contributed by atoms with E-state index >= 15 is 0 Å². The topological polar surface area (TPSA) is 28.2 Å². The summed E-state index contributed by atoms with van der Waals surface area (Å²) in [7, 11) is 0. The summed E-state index contributed by atoms with van der Waals surface area (Å²) in [5.74, 6) is 0. The van der Waals surface area contributed by atoms with Crippen molar-refractivity contribution in [3.05, 3.63) is 36.3 Å². The minimum atomic E-state index is 0.403. The first-order valence-corrected chi connectivity index (χ1v) is 4.42. The van der Waals surface area contributed by atoms with Gasteiger partial charge in [0.2, 0.25) is 0 Å². The van der Waals surface area contributed by atoms with E-state index in [1.54, 1.807) is 6.20 Å². The Labute approximate surface area is 78.1 Å². The van der Waals surface area contributed by atoms with Crippen LogP contribution in [0.15, 0.2) is 36.3 Å². The van der Waals surface area contributed by atoms with Crippen LogP contribution in [0.3, 0.4) is 0 Å². The van der Waals surface area contributed by atoms with E-state index in [4.69, 9.17) is 0 Å². The van der Waals surface area contributed by atoms with Gasteiger partial charge in [0.25, 0.3) is 0 Å². The van der Waals surface area contributed by atoms with Crippen LogP contribution in [0, 0.1) is 0 Å². The number of hydrogen-bond donors (Lipinski definition) is 1. The second kappa shape index (κ2) is 3.18. The summed E-state index contributed by atoms with van der Waals surface area (Å²) in [6, 6.07) is 4.38. The van der Waals surface area contributed by atoms with Crippen molar-refractivity contribution in [2.24, 2.45) is 0 Å². The molecule has 1 aromatic rings. The Balaban J connectivity index is 2.25. The molecule has 0 saturated heterocycles. The van der Waals surface area contributed by atoms with Crippen molar-refractivity contribution < 1.29 is 0 Å². The van der Waals surface area contributed by atoms with E-state index in [-0.39, 0.29) is 0 Å². The van der Waals surface area contributed by atoms with Crippen LogP contribution in [0.1, 0.15) is 13.8 Å². The standard InChI is InChI=1S/C10H13N3/c1-8-6-9(2)13(12-8)10-4-3-5-11-7-10/h3-8,12H,1-2H3. The first kappa shape index (κ1) is 8.26. The monoisotopic (exact) mass is 175 g/mol. The summed E-state index contributed by atoms with van der Waals surface area (Å²) in [5, 5.41) is 2.05. The van der Waals surface area contributed by atoms with Gasteiger partial charge < -0.3 is 0 Å². The van der Waals surface area contributed by atoms with Crippen molar-refractivity contribution in [2.45, 2.75) is 19.9 Å². The van der Waals surface area contributed by atoms with E-state index in [0.717, 1.165) is 5.69 Å². The summed E-state index contributed by atoms with van der Waals surface area (Å²) in [6.45, 7) is 4.21. The fourth-order valence-corrected chi connectivity index (χ4v) is 1.54. The molecule has 1 unspecified atom stereocenters. The number of allylic oxidation sites excluding steroid dienone is 1. The minimum Gasteiger partial charge on any atom is -0.280 e. The Kier molecular flexibility index (Phi) is 2.02. The number of nitrogens with one attached hydrogen (secondary N) is 1. The molecule has 0 aromatic carbocycles. The summed E-state index contributed by atoms with van der Waals surface area (Å²) in [4.78, 5) is 4.08. The van der Waals surface area contributed by atoms with Gasteiger partial charge in [-0.25, -0.2) is 5.43 Å². The van der Waals surface area contributed by atoms with Crippen molar-refractivity contribution in [2.75, 3.05) is 5.01 Å². The van der Waals surface area contributed by atoms with Gasteiger partial charge in [-0.1, -0.05) is 0 Å². The summed E-state index contributed by atoms with van der Waals surface area (Å²) in [6.07, 6.45) is 5.82. The maximum atomic E-state index is 4.08. The van der Waals surface area contributed by atoms with Crippen molar-refractivity contribution in [3.63, 3.8) is 0 Å². The molecule has 1 N–H and O–H groups in total. The van der Waals surface area contributed by atoms with E-state index in [2.05, 4.69) is 35.3 Å². The molecule has 0 aliphatic carbocycles. The highest BCUT2D eigenvalue weighted by molar-refractivity contribution is 5.50. The number of rotatable bonds is 1. The maximum Gasteiger partial charge on any atom is 0.0757 e. The first-order chi connectivity index (χ1) is 6.27. The van der Waals surface area contributed by atoms with Crippen molar-refractivity contribution in [1.29, 1.82) is 0 Å². The van der Waals surface area contributed by atoms with Crippen molar-refractivity contribution >= 4 is 5.69 Å². The van der Waals surface area contributed by atoms with Crippen LogP contribution in [0.4, 0.5) is 5.69 Å². The lowest BCUT2D eigenvalue weighted by atomic mass is 10.3. The van der Waals surface area contributed by atoms with Gasteiger partial charge in [-0.2, -0.15) is 0 Å². The smallest absolute Gasteiger partial charge is 0.0757 e. The first-order valence-electron chi connectivity index (χ1n) is 4.42. The number of pyridine rings is 1. The lowest BCUT2D eigenvalue weighted by molar-refractivity contribution is 0.674. The number of aromatic nitrogens is 1. The molecule has 1 aliphatic heterocycles. The van der Waals surface area contributed by atoms with Crippen LogP contribution >= 0.6 is 0 Å². The lowest BCUT2D eigenvalue weighted by Crippen LogP contribution is -2.35. The van der Waals surface area contributed by atoms with Gasteiger partial charge in [0, 0.05) is 17.9 Å². The van der Waals surface area contributed by atoms with Gasteiger partial charge in [-0.3, -0.25) is 9.99 Å². The fourth-order valence-electron chi connectivity index (χ4n) is 1.54. The second-order valence-corrected chi connectivity index (χ2v) is 3.27. The minimum absolute atomic E-state index is 0.403. The molecule has 1 aromatic heterocycles. The fraction of sp³-hybridized carbons (Fsp3) is 0.300. The van der Waals surface area contributed by atoms with Gasteiger partial charge in [-0.15, -0.1) is 0 Å². The number of anilines is 1. The highest BCUT2D eigenvalue weighted by Gasteiger charge is 2.17. The molecule has 0 amide bonds. The predicted molar refractivity (Wildman–Crippen MR) is 53.1 cm³/mol. The molecule has 2 rings (SSSR count). The molecular formula is C10H13N3. The summed E-state index contributed by atoms with van der Waals surface area (Å²) >= 11 is 0. The maximum absolute atomic E-state index is 4.08. The van der Waals surface area contributed by atoms with Gasteiger partial charge in [0.15, 0.2) is 0 Å². The molecule has 68 valence electrons. The average molecular weight is 175 g/mol. The molecule has 3 nitrogen and oxygen atoms in total. The van der Waals surface area contributed by atoms with E-state index in [1.807, 2.05) is 18.3 Å². The Morgan fingerprint density at radius 1 is 1.54 bits per heavy atom. The Hall–Kier alpha value is -1.35. The van der Waals surface area contributed by atoms with Crippen LogP contribution in [-0.2, 0) is 0 Å². The lowest BCUT2D eigenvalue weighted by Gasteiger charge is -2.20. The van der Waals surface area contributed by atoms with Crippen molar-refractivity contribution in [3.8, 4) is 0 Å². The molecule has 0 spiro atoms. The summed E-state index contributed by atoms with van der Waals surface area (Å²) < 4.78 is 0. The van der Waals surface area contributed by atoms with Crippen LogP contribution in [-0.4, -0.2) is 11.0 Å². The third kappa shape index (κ3) is 1.55. The van der Waals surface area contributed by atoms with Gasteiger partial charge in [0.1, 0.15) is 0 Å². The number of nitrogens with zero attached hydrogens (tertiary/aromatic N) is 2. The largest absolute Gasteiger partial charge is 0.280 e. The third-order valence-electron chi connectivity index (χ3n) is 2.08. The zero-order chi connectivity index (χ0) is 9.26. The van der Waals surface area contributed by atoms with E-state index in [0.29, 0.717) is 6.04 Å². The van der Waals surface area contributed by atoms with E-state index < -0.39 is 0 Å². The molecule has 1 atom stereocenters. The number of hydrogen-bond acceptors (Lipinski definition) is 3. The Morgan fingerprint density at radius 2 is 2.38 bits per heavy atom. The van der Waals surface area contributed by atoms with Crippen LogP contribution < -0.4 is 10.4 Å². The van der Waals surface area contributed by atoms with Gasteiger partial charge >= 0.3 is 0 Å². The Morgan fingerprint density at radius 3 is 2.92 bits per heavy atom. The molecule has 0 radical (unpaired) electrons. The van der Waals surface area contributed by atoms with Gasteiger partial charge in [-0.05, 0) is 32.1 Å². The molecule has 13 heavy (non-hydrogen) atoms. The van der Waals surface area contributed by atoms with Crippen LogP contribution in [0.5, 0.6) is 0 Å². The highest BCUT2D eigenvalue weighted by atomic mass is 15.5. The van der Waals surface area contributed by atoms with E-state index in [9.17, 15) is 0 Å². The molecule has 2 heterocycles. The highest BCUT2D eigenvalue weighted by Crippen LogP contribution is 2.19. The van der Waals surface area contributed by atoms with Gasteiger partial charge in [0.05, 0.1) is 11.9 Å². The SMILES string of the molecule is CC1=CC(C)NN1c1cccnc1. The second-order valence-electron chi connectivity index (χ2n) is 3.27. The normalized spacial score (nSPS) is 21.8. The average Bonchev–Trinajstić information content (AvgIpc) is 2.47. The van der Waals surface area contributed by atoms with Crippen LogP contribution in [0.25, 0.3) is 0 Å². The van der Waals surface area contributed by atoms with E-state index in [1.165, 1.54) is 5.70 Å². The Bertz CT molecular complexity index is 318. The van der Waals surface area contributed by atoms with Crippen LogP contribution in [0.2, 0.25) is 0 Å². The zero-order valence-electron chi connectivity index (χ0n) is 7.86. The quantitative estimate of drug-likeness (QED) is 0.704. The molecule has 1 aliphatic rings. The number of hydrazine groups is 1.